The van der Waals surface area contributed by atoms with E-state index in [2.05, 4.69) is 21.2 Å². The van der Waals surface area contributed by atoms with Gasteiger partial charge in [-0.05, 0) is 47.1 Å². The van der Waals surface area contributed by atoms with E-state index in [4.69, 9.17) is 15.2 Å². The van der Waals surface area contributed by atoms with E-state index in [0.717, 1.165) is 27.3 Å². The zero-order valence-electron chi connectivity index (χ0n) is 11.4. The Labute approximate surface area is 127 Å². The fourth-order valence-corrected chi connectivity index (χ4v) is 2.40. The van der Waals surface area contributed by atoms with Crippen LogP contribution < -0.4 is 20.5 Å². The molecule has 0 unspecified atom stereocenters. The second kappa shape index (κ2) is 6.52. The standard InChI is InChI=1S/C15H17BrN2O2/c1-3-20-13-7-10(17)6-12(8-13)18-11-4-5-15(19-2)14(16)9-11/h4-9,18H,3,17H2,1-2H3. The van der Waals surface area contributed by atoms with Crippen molar-refractivity contribution in [1.82, 2.24) is 0 Å². The van der Waals surface area contributed by atoms with Gasteiger partial charge in [-0.25, -0.2) is 0 Å². The Hall–Kier alpha value is -1.88. The Balaban J connectivity index is 2.23. The number of nitrogen functional groups attached to an aromatic ring is 1. The Morgan fingerprint density at radius 1 is 1.15 bits per heavy atom. The number of nitrogens with one attached hydrogen (secondary N) is 1. The summed E-state index contributed by atoms with van der Waals surface area (Å²) in [4.78, 5) is 0. The first kappa shape index (κ1) is 14.5. The molecule has 0 atom stereocenters. The van der Waals surface area contributed by atoms with E-state index in [9.17, 15) is 0 Å². The summed E-state index contributed by atoms with van der Waals surface area (Å²) in [6, 6.07) is 11.4. The lowest BCUT2D eigenvalue weighted by Gasteiger charge is -2.12. The second-order valence-electron chi connectivity index (χ2n) is 4.20. The van der Waals surface area contributed by atoms with Crippen LogP contribution in [0.15, 0.2) is 40.9 Å². The molecule has 0 aliphatic rings. The molecule has 0 saturated carbocycles. The van der Waals surface area contributed by atoms with Gasteiger partial charge in [0.25, 0.3) is 0 Å². The predicted octanol–water partition coefficient (Wildman–Crippen LogP) is 4.18. The number of benzene rings is 2. The van der Waals surface area contributed by atoms with Gasteiger partial charge in [-0.2, -0.15) is 0 Å². The van der Waals surface area contributed by atoms with Gasteiger partial charge in [0, 0.05) is 29.2 Å². The van der Waals surface area contributed by atoms with Crippen LogP contribution in [0.4, 0.5) is 17.1 Å². The van der Waals surface area contributed by atoms with Crippen LogP contribution in [0.1, 0.15) is 6.92 Å². The predicted molar refractivity (Wildman–Crippen MR) is 86.0 cm³/mol. The average Bonchev–Trinajstić information content (AvgIpc) is 2.38. The van der Waals surface area contributed by atoms with Crippen LogP contribution in [-0.2, 0) is 0 Å². The molecule has 20 heavy (non-hydrogen) atoms. The van der Waals surface area contributed by atoms with Crippen LogP contribution >= 0.6 is 15.9 Å². The van der Waals surface area contributed by atoms with E-state index in [1.54, 1.807) is 13.2 Å². The Morgan fingerprint density at radius 3 is 2.60 bits per heavy atom. The molecule has 2 rings (SSSR count). The number of anilines is 3. The maximum Gasteiger partial charge on any atom is 0.133 e. The van der Waals surface area contributed by atoms with Crippen LogP contribution in [0.5, 0.6) is 11.5 Å². The first-order valence-electron chi connectivity index (χ1n) is 6.26. The fraction of sp³-hybridized carbons (Fsp3) is 0.200. The van der Waals surface area contributed by atoms with Crippen LogP contribution in [0, 0.1) is 0 Å². The van der Waals surface area contributed by atoms with Crippen LogP contribution in [0.2, 0.25) is 0 Å². The summed E-state index contributed by atoms with van der Waals surface area (Å²) < 4.78 is 11.6. The van der Waals surface area contributed by atoms with Crippen LogP contribution in [0.25, 0.3) is 0 Å². The summed E-state index contributed by atoms with van der Waals surface area (Å²) in [5, 5.41) is 3.29. The molecule has 0 saturated heterocycles. The Bertz CT molecular complexity index is 602. The van der Waals surface area contributed by atoms with E-state index in [1.165, 1.54) is 0 Å². The first-order valence-corrected chi connectivity index (χ1v) is 7.05. The van der Waals surface area contributed by atoms with Crippen molar-refractivity contribution >= 4 is 33.0 Å². The van der Waals surface area contributed by atoms with Crippen molar-refractivity contribution < 1.29 is 9.47 Å². The Kier molecular flexibility index (Phi) is 4.74. The monoisotopic (exact) mass is 336 g/mol. The van der Waals surface area contributed by atoms with Gasteiger partial charge in [-0.15, -0.1) is 0 Å². The summed E-state index contributed by atoms with van der Waals surface area (Å²) in [6.07, 6.45) is 0. The van der Waals surface area contributed by atoms with Crippen molar-refractivity contribution in [3.05, 3.63) is 40.9 Å². The van der Waals surface area contributed by atoms with E-state index < -0.39 is 0 Å². The minimum Gasteiger partial charge on any atom is -0.496 e. The topological polar surface area (TPSA) is 56.5 Å². The van der Waals surface area contributed by atoms with Gasteiger partial charge < -0.3 is 20.5 Å². The van der Waals surface area contributed by atoms with Gasteiger partial charge in [-0.3, -0.25) is 0 Å². The lowest BCUT2D eigenvalue weighted by Crippen LogP contribution is -1.97. The molecule has 0 heterocycles. The maximum absolute atomic E-state index is 5.87. The quantitative estimate of drug-likeness (QED) is 0.804. The number of rotatable bonds is 5. The minimum atomic E-state index is 0.608. The third kappa shape index (κ3) is 3.57. The maximum atomic E-state index is 5.87. The number of ether oxygens (including phenoxy) is 2. The molecule has 106 valence electrons. The normalized spacial score (nSPS) is 10.2. The van der Waals surface area contributed by atoms with Crippen molar-refractivity contribution in [1.29, 1.82) is 0 Å². The molecule has 0 amide bonds. The summed E-state index contributed by atoms with van der Waals surface area (Å²) in [5.74, 6) is 1.54. The zero-order chi connectivity index (χ0) is 14.5. The number of hydrogen-bond donors (Lipinski definition) is 2. The van der Waals surface area contributed by atoms with Crippen molar-refractivity contribution in [3.63, 3.8) is 0 Å². The smallest absolute Gasteiger partial charge is 0.133 e. The molecule has 2 aromatic rings. The van der Waals surface area contributed by atoms with E-state index in [1.807, 2.05) is 37.3 Å². The minimum absolute atomic E-state index is 0.608. The molecule has 0 bridgehead atoms. The summed E-state index contributed by atoms with van der Waals surface area (Å²) in [7, 11) is 1.64. The third-order valence-corrected chi connectivity index (χ3v) is 3.30. The van der Waals surface area contributed by atoms with Gasteiger partial charge >= 0.3 is 0 Å². The molecule has 0 aromatic heterocycles. The number of nitrogens with two attached hydrogens (primary N) is 1. The van der Waals surface area contributed by atoms with Gasteiger partial charge in [0.2, 0.25) is 0 Å². The Morgan fingerprint density at radius 2 is 1.95 bits per heavy atom. The van der Waals surface area contributed by atoms with E-state index >= 15 is 0 Å². The largest absolute Gasteiger partial charge is 0.496 e. The van der Waals surface area contributed by atoms with Crippen molar-refractivity contribution in [2.75, 3.05) is 24.8 Å². The molecule has 0 aliphatic carbocycles. The highest BCUT2D eigenvalue weighted by molar-refractivity contribution is 9.10. The number of halogens is 1. The molecule has 0 radical (unpaired) electrons. The lowest BCUT2D eigenvalue weighted by molar-refractivity contribution is 0.340. The molecule has 0 aliphatic heterocycles. The second-order valence-corrected chi connectivity index (χ2v) is 5.05. The fourth-order valence-electron chi connectivity index (χ4n) is 1.86. The highest BCUT2D eigenvalue weighted by Crippen LogP contribution is 2.30. The molecule has 0 fully saturated rings. The van der Waals surface area contributed by atoms with Gasteiger partial charge in [0.15, 0.2) is 0 Å². The molecular formula is C15H17BrN2O2. The van der Waals surface area contributed by atoms with Gasteiger partial charge in [0.05, 0.1) is 18.2 Å². The van der Waals surface area contributed by atoms with Crippen molar-refractivity contribution in [2.45, 2.75) is 6.92 Å². The lowest BCUT2D eigenvalue weighted by atomic mass is 10.2. The molecular weight excluding hydrogens is 320 g/mol. The highest BCUT2D eigenvalue weighted by Gasteiger charge is 2.04. The summed E-state index contributed by atoms with van der Waals surface area (Å²) in [5.41, 5.74) is 8.34. The molecule has 2 aromatic carbocycles. The van der Waals surface area contributed by atoms with Crippen LogP contribution in [-0.4, -0.2) is 13.7 Å². The average molecular weight is 337 g/mol. The molecule has 5 heteroatoms. The summed E-state index contributed by atoms with van der Waals surface area (Å²) in [6.45, 7) is 2.55. The number of methoxy groups -OCH3 is 1. The third-order valence-electron chi connectivity index (χ3n) is 2.68. The van der Waals surface area contributed by atoms with E-state index in [-0.39, 0.29) is 0 Å². The van der Waals surface area contributed by atoms with Crippen molar-refractivity contribution in [3.8, 4) is 11.5 Å². The number of hydrogen-bond acceptors (Lipinski definition) is 4. The summed E-state index contributed by atoms with van der Waals surface area (Å²) >= 11 is 3.46. The van der Waals surface area contributed by atoms with Gasteiger partial charge in [-0.1, -0.05) is 0 Å². The van der Waals surface area contributed by atoms with Crippen LogP contribution in [0.3, 0.4) is 0 Å². The zero-order valence-corrected chi connectivity index (χ0v) is 13.0. The molecule has 3 N–H and O–H groups in total. The highest BCUT2D eigenvalue weighted by atomic mass is 79.9. The molecule has 0 spiro atoms. The van der Waals surface area contributed by atoms with Gasteiger partial charge in [0.1, 0.15) is 11.5 Å². The molecule has 4 nitrogen and oxygen atoms in total. The first-order chi connectivity index (χ1) is 9.62. The SMILES string of the molecule is CCOc1cc(N)cc(Nc2ccc(OC)c(Br)c2)c1. The van der Waals surface area contributed by atoms with E-state index in [0.29, 0.717) is 12.3 Å². The van der Waals surface area contributed by atoms with Crippen molar-refractivity contribution in [2.24, 2.45) is 0 Å².